The van der Waals surface area contributed by atoms with E-state index in [2.05, 4.69) is 19.2 Å². The molecule has 0 atom stereocenters. The van der Waals surface area contributed by atoms with Crippen LogP contribution >= 0.6 is 11.6 Å². The van der Waals surface area contributed by atoms with Crippen LogP contribution in [0.25, 0.3) is 0 Å². The number of hydrogen-bond donors (Lipinski definition) is 1. The molecule has 1 N–H and O–H groups in total. The van der Waals surface area contributed by atoms with Gasteiger partial charge in [-0.05, 0) is 36.7 Å². The second-order valence-corrected chi connectivity index (χ2v) is 5.58. The smallest absolute Gasteiger partial charge is 0.146 e. The standard InChI is InChI=1S/C16H20ClNO2/c1-12(2)9-18-10-13-6-7-19-16(13)11-20-15-5-3-4-14(17)8-15/h3-8,12,18H,9-11H2,1-2H3. The second kappa shape index (κ2) is 7.36. The molecule has 2 rings (SSSR count). The lowest BCUT2D eigenvalue weighted by Crippen LogP contribution is -2.19. The van der Waals surface area contributed by atoms with Gasteiger partial charge in [-0.3, -0.25) is 0 Å². The van der Waals surface area contributed by atoms with E-state index in [-0.39, 0.29) is 0 Å². The van der Waals surface area contributed by atoms with Crippen LogP contribution in [0, 0.1) is 5.92 Å². The Morgan fingerprint density at radius 2 is 2.15 bits per heavy atom. The molecule has 0 spiro atoms. The number of ether oxygens (including phenoxy) is 1. The van der Waals surface area contributed by atoms with Gasteiger partial charge in [0.2, 0.25) is 0 Å². The normalized spacial score (nSPS) is 11.0. The number of halogens is 1. The first-order chi connectivity index (χ1) is 9.65. The number of hydrogen-bond acceptors (Lipinski definition) is 3. The molecule has 1 heterocycles. The van der Waals surface area contributed by atoms with Crippen LogP contribution in [0.1, 0.15) is 25.2 Å². The minimum absolute atomic E-state index is 0.409. The summed E-state index contributed by atoms with van der Waals surface area (Å²) >= 11 is 5.92. The maximum absolute atomic E-state index is 5.92. The summed E-state index contributed by atoms with van der Waals surface area (Å²) < 4.78 is 11.2. The van der Waals surface area contributed by atoms with E-state index in [9.17, 15) is 0 Å². The Hall–Kier alpha value is -1.45. The molecule has 0 bridgehead atoms. The minimum Gasteiger partial charge on any atom is -0.486 e. The van der Waals surface area contributed by atoms with Crippen LogP contribution in [0.5, 0.6) is 5.75 Å². The lowest BCUT2D eigenvalue weighted by Gasteiger charge is -2.09. The van der Waals surface area contributed by atoms with Gasteiger partial charge in [0.05, 0.1) is 6.26 Å². The minimum atomic E-state index is 0.409. The molecule has 0 saturated heterocycles. The van der Waals surface area contributed by atoms with Gasteiger partial charge in [0.25, 0.3) is 0 Å². The zero-order valence-corrected chi connectivity index (χ0v) is 12.6. The summed E-state index contributed by atoms with van der Waals surface area (Å²) in [6.45, 7) is 6.56. The lowest BCUT2D eigenvalue weighted by molar-refractivity contribution is 0.268. The predicted octanol–water partition coefficient (Wildman–Crippen LogP) is 4.26. The molecule has 0 aliphatic carbocycles. The quantitative estimate of drug-likeness (QED) is 0.828. The molecular weight excluding hydrogens is 274 g/mol. The van der Waals surface area contributed by atoms with Gasteiger partial charge in [0.1, 0.15) is 18.1 Å². The van der Waals surface area contributed by atoms with E-state index in [4.69, 9.17) is 20.8 Å². The maximum atomic E-state index is 5.92. The van der Waals surface area contributed by atoms with Crippen molar-refractivity contribution in [2.45, 2.75) is 27.0 Å². The van der Waals surface area contributed by atoms with E-state index < -0.39 is 0 Å². The molecule has 0 fully saturated rings. The van der Waals surface area contributed by atoms with Crippen molar-refractivity contribution in [3.8, 4) is 5.75 Å². The van der Waals surface area contributed by atoms with Crippen LogP contribution in [-0.2, 0) is 13.2 Å². The average molecular weight is 294 g/mol. The molecular formula is C16H20ClNO2. The summed E-state index contributed by atoms with van der Waals surface area (Å²) in [6.07, 6.45) is 1.70. The SMILES string of the molecule is CC(C)CNCc1ccoc1COc1cccc(Cl)c1. The number of rotatable bonds is 7. The average Bonchev–Trinajstić information content (AvgIpc) is 2.84. The molecule has 20 heavy (non-hydrogen) atoms. The third-order valence-corrected chi connectivity index (χ3v) is 3.11. The van der Waals surface area contributed by atoms with Gasteiger partial charge in [-0.1, -0.05) is 31.5 Å². The highest BCUT2D eigenvalue weighted by atomic mass is 35.5. The highest BCUT2D eigenvalue weighted by molar-refractivity contribution is 6.30. The molecule has 1 aromatic carbocycles. The third kappa shape index (κ3) is 4.58. The van der Waals surface area contributed by atoms with Crippen molar-refractivity contribution in [1.29, 1.82) is 0 Å². The highest BCUT2D eigenvalue weighted by Crippen LogP contribution is 2.19. The van der Waals surface area contributed by atoms with Gasteiger partial charge in [-0.2, -0.15) is 0 Å². The first-order valence-electron chi connectivity index (χ1n) is 6.79. The molecule has 3 nitrogen and oxygen atoms in total. The van der Waals surface area contributed by atoms with Gasteiger partial charge in [0.15, 0.2) is 0 Å². The third-order valence-electron chi connectivity index (χ3n) is 2.87. The van der Waals surface area contributed by atoms with Crippen molar-refractivity contribution < 1.29 is 9.15 Å². The Labute approximate surface area is 124 Å². The summed E-state index contributed by atoms with van der Waals surface area (Å²) in [5, 5.41) is 4.07. The molecule has 0 aliphatic rings. The fourth-order valence-electron chi connectivity index (χ4n) is 1.85. The number of furan rings is 1. The summed E-state index contributed by atoms with van der Waals surface area (Å²) in [4.78, 5) is 0. The molecule has 0 saturated carbocycles. The maximum Gasteiger partial charge on any atom is 0.146 e. The van der Waals surface area contributed by atoms with Crippen LogP contribution in [0.3, 0.4) is 0 Å². The molecule has 4 heteroatoms. The highest BCUT2D eigenvalue weighted by Gasteiger charge is 2.07. The van der Waals surface area contributed by atoms with Crippen LogP contribution in [0.15, 0.2) is 41.0 Å². The summed E-state index contributed by atoms with van der Waals surface area (Å²) in [5.74, 6) is 2.23. The van der Waals surface area contributed by atoms with E-state index >= 15 is 0 Å². The zero-order valence-electron chi connectivity index (χ0n) is 11.9. The van der Waals surface area contributed by atoms with E-state index in [0.717, 1.165) is 30.2 Å². The second-order valence-electron chi connectivity index (χ2n) is 5.14. The molecule has 108 valence electrons. The van der Waals surface area contributed by atoms with Crippen molar-refractivity contribution in [2.75, 3.05) is 6.54 Å². The number of benzene rings is 1. The molecule has 2 aromatic rings. The van der Waals surface area contributed by atoms with Crippen LogP contribution in [0.4, 0.5) is 0 Å². The first kappa shape index (κ1) is 14.9. The Balaban J connectivity index is 1.88. The lowest BCUT2D eigenvalue weighted by atomic mass is 10.2. The van der Waals surface area contributed by atoms with Gasteiger partial charge in [0, 0.05) is 17.1 Å². The van der Waals surface area contributed by atoms with Crippen LogP contribution < -0.4 is 10.1 Å². The monoisotopic (exact) mass is 293 g/mol. The predicted molar refractivity (Wildman–Crippen MR) is 81.0 cm³/mol. The Morgan fingerprint density at radius 3 is 2.90 bits per heavy atom. The van der Waals surface area contributed by atoms with Gasteiger partial charge < -0.3 is 14.5 Å². The molecule has 0 amide bonds. The van der Waals surface area contributed by atoms with Crippen molar-refractivity contribution in [3.63, 3.8) is 0 Å². The fraction of sp³-hybridized carbons (Fsp3) is 0.375. The van der Waals surface area contributed by atoms with Crippen molar-refractivity contribution in [1.82, 2.24) is 5.32 Å². The van der Waals surface area contributed by atoms with E-state index in [1.807, 2.05) is 24.3 Å². The van der Waals surface area contributed by atoms with Crippen molar-refractivity contribution >= 4 is 11.6 Å². The van der Waals surface area contributed by atoms with E-state index in [1.165, 1.54) is 0 Å². The zero-order chi connectivity index (χ0) is 14.4. The number of nitrogens with one attached hydrogen (secondary N) is 1. The summed E-state index contributed by atoms with van der Waals surface area (Å²) in [6, 6.07) is 9.34. The first-order valence-corrected chi connectivity index (χ1v) is 7.17. The molecule has 1 aromatic heterocycles. The Kier molecular flexibility index (Phi) is 5.50. The van der Waals surface area contributed by atoms with Gasteiger partial charge >= 0.3 is 0 Å². The molecule has 0 unspecified atom stereocenters. The van der Waals surface area contributed by atoms with Gasteiger partial charge in [-0.15, -0.1) is 0 Å². The van der Waals surface area contributed by atoms with Crippen LogP contribution in [-0.4, -0.2) is 6.54 Å². The van der Waals surface area contributed by atoms with Crippen molar-refractivity contribution in [3.05, 3.63) is 52.9 Å². The summed E-state index contributed by atoms with van der Waals surface area (Å²) in [7, 11) is 0. The van der Waals surface area contributed by atoms with Crippen molar-refractivity contribution in [2.24, 2.45) is 5.92 Å². The fourth-order valence-corrected chi connectivity index (χ4v) is 2.03. The topological polar surface area (TPSA) is 34.4 Å². The molecule has 0 radical (unpaired) electrons. The largest absolute Gasteiger partial charge is 0.486 e. The van der Waals surface area contributed by atoms with E-state index in [1.54, 1.807) is 12.3 Å². The summed E-state index contributed by atoms with van der Waals surface area (Å²) in [5.41, 5.74) is 1.13. The van der Waals surface area contributed by atoms with E-state index in [0.29, 0.717) is 17.5 Å². The van der Waals surface area contributed by atoms with Gasteiger partial charge in [-0.25, -0.2) is 0 Å². The Bertz CT molecular complexity index is 537. The van der Waals surface area contributed by atoms with Crippen LogP contribution in [0.2, 0.25) is 5.02 Å². The molecule has 0 aliphatic heterocycles. The Morgan fingerprint density at radius 1 is 1.30 bits per heavy atom.